The SMILES string of the molecule is CCCCCCCCCCC(=O)ONCC(=O)OS(=O)(=O)c1ccccc1. The van der Waals surface area contributed by atoms with E-state index in [1.807, 2.05) is 0 Å². The second kappa shape index (κ2) is 13.3. The van der Waals surface area contributed by atoms with Crippen LogP contribution in [-0.2, 0) is 28.7 Å². The first-order valence-electron chi connectivity index (χ1n) is 9.40. The summed E-state index contributed by atoms with van der Waals surface area (Å²) in [6.07, 6.45) is 9.19. The van der Waals surface area contributed by atoms with Gasteiger partial charge in [-0.1, -0.05) is 70.1 Å². The standard InChI is InChI=1S/C19H29NO6S/c1-2-3-4-5-6-7-8-12-15-18(21)25-20-16-19(22)26-27(23,24)17-13-10-9-11-14-17/h9-11,13-14,20H,2-8,12,15-16H2,1H3. The van der Waals surface area contributed by atoms with Crippen molar-refractivity contribution in [3.05, 3.63) is 30.3 Å². The molecule has 0 fully saturated rings. The van der Waals surface area contributed by atoms with Gasteiger partial charge in [0.15, 0.2) is 0 Å². The maximum atomic E-state index is 11.8. The van der Waals surface area contributed by atoms with Crippen molar-refractivity contribution >= 4 is 22.1 Å². The number of rotatable bonds is 14. The van der Waals surface area contributed by atoms with Crippen LogP contribution in [0.15, 0.2) is 35.2 Å². The molecule has 0 aliphatic carbocycles. The van der Waals surface area contributed by atoms with Crippen LogP contribution in [0.5, 0.6) is 0 Å². The Balaban J connectivity index is 2.11. The molecule has 0 spiro atoms. The van der Waals surface area contributed by atoms with Crippen molar-refractivity contribution in [2.75, 3.05) is 6.54 Å². The Hall–Kier alpha value is -1.93. The number of carbonyl (C=O) groups is 2. The smallest absolute Gasteiger partial charge is 0.341 e. The average molecular weight is 400 g/mol. The summed E-state index contributed by atoms with van der Waals surface area (Å²) in [5.74, 6) is -1.54. The van der Waals surface area contributed by atoms with Gasteiger partial charge in [-0.25, -0.2) is 4.79 Å². The van der Waals surface area contributed by atoms with Crippen molar-refractivity contribution < 1.29 is 27.0 Å². The van der Waals surface area contributed by atoms with E-state index in [0.717, 1.165) is 19.3 Å². The molecule has 0 aliphatic heterocycles. The molecule has 27 heavy (non-hydrogen) atoms. The van der Waals surface area contributed by atoms with Crippen LogP contribution in [-0.4, -0.2) is 26.9 Å². The molecule has 0 saturated heterocycles. The first kappa shape index (κ1) is 23.1. The summed E-state index contributed by atoms with van der Waals surface area (Å²) in [5.41, 5.74) is 2.15. The third-order valence-electron chi connectivity index (χ3n) is 3.87. The number of unbranched alkanes of at least 4 members (excludes halogenated alkanes) is 7. The fraction of sp³-hybridized carbons (Fsp3) is 0.579. The second-order valence-electron chi connectivity index (χ2n) is 6.24. The Morgan fingerprint density at radius 2 is 1.48 bits per heavy atom. The van der Waals surface area contributed by atoms with E-state index in [9.17, 15) is 18.0 Å². The van der Waals surface area contributed by atoms with Gasteiger partial charge in [0.1, 0.15) is 11.4 Å². The molecule has 1 aromatic carbocycles. The molecule has 1 N–H and O–H groups in total. The molecule has 0 radical (unpaired) electrons. The van der Waals surface area contributed by atoms with Gasteiger partial charge < -0.3 is 9.02 Å². The predicted molar refractivity (Wildman–Crippen MR) is 101 cm³/mol. The Morgan fingerprint density at radius 3 is 2.11 bits per heavy atom. The van der Waals surface area contributed by atoms with Gasteiger partial charge in [0.2, 0.25) is 0 Å². The highest BCUT2D eigenvalue weighted by molar-refractivity contribution is 7.87. The van der Waals surface area contributed by atoms with Crippen molar-refractivity contribution in [3.8, 4) is 0 Å². The maximum Gasteiger partial charge on any atom is 0.341 e. The molecule has 0 aliphatic rings. The first-order valence-corrected chi connectivity index (χ1v) is 10.8. The Labute approximate surface area is 161 Å². The van der Waals surface area contributed by atoms with Gasteiger partial charge in [0, 0.05) is 6.42 Å². The molecule has 0 amide bonds. The molecule has 0 aromatic heterocycles. The lowest BCUT2D eigenvalue weighted by molar-refractivity contribution is -0.153. The fourth-order valence-electron chi connectivity index (χ4n) is 2.42. The van der Waals surface area contributed by atoms with Crippen LogP contribution in [0, 0.1) is 0 Å². The van der Waals surface area contributed by atoms with Gasteiger partial charge in [-0.2, -0.15) is 8.42 Å². The molecule has 0 heterocycles. The van der Waals surface area contributed by atoms with E-state index in [2.05, 4.69) is 16.6 Å². The number of carbonyl (C=O) groups excluding carboxylic acids is 2. The summed E-state index contributed by atoms with van der Waals surface area (Å²) in [6, 6.07) is 7.33. The second-order valence-corrected chi connectivity index (χ2v) is 7.79. The molecule has 1 rings (SSSR count). The van der Waals surface area contributed by atoms with Crippen LogP contribution in [0.4, 0.5) is 0 Å². The van der Waals surface area contributed by atoms with Crippen molar-refractivity contribution in [1.82, 2.24) is 5.48 Å². The molecular formula is C19H29NO6S. The van der Waals surface area contributed by atoms with E-state index >= 15 is 0 Å². The Kier molecular flexibility index (Phi) is 11.4. The normalized spacial score (nSPS) is 11.1. The minimum atomic E-state index is -4.17. The molecule has 0 saturated carbocycles. The summed E-state index contributed by atoms with van der Waals surface area (Å²) in [6.45, 7) is 1.64. The molecule has 1 aromatic rings. The molecule has 152 valence electrons. The number of nitrogens with one attached hydrogen (secondary N) is 1. The summed E-state index contributed by atoms with van der Waals surface area (Å²) in [7, 11) is -4.17. The van der Waals surface area contributed by atoms with Crippen LogP contribution in [0.3, 0.4) is 0 Å². The van der Waals surface area contributed by atoms with Gasteiger partial charge >= 0.3 is 22.1 Å². The largest absolute Gasteiger partial charge is 0.370 e. The van der Waals surface area contributed by atoms with Crippen LogP contribution in [0.2, 0.25) is 0 Å². The first-order chi connectivity index (χ1) is 13.0. The number of hydrogen-bond donors (Lipinski definition) is 1. The summed E-state index contributed by atoms with van der Waals surface area (Å²) >= 11 is 0. The molecular weight excluding hydrogens is 370 g/mol. The van der Waals surface area contributed by atoms with Crippen molar-refractivity contribution in [3.63, 3.8) is 0 Å². The lowest BCUT2D eigenvalue weighted by atomic mass is 10.1. The van der Waals surface area contributed by atoms with E-state index in [1.54, 1.807) is 6.07 Å². The quantitative estimate of drug-likeness (QED) is 0.290. The monoisotopic (exact) mass is 399 g/mol. The van der Waals surface area contributed by atoms with Crippen LogP contribution in [0.1, 0.15) is 64.7 Å². The van der Waals surface area contributed by atoms with Gasteiger partial charge in [-0.3, -0.25) is 4.79 Å². The lowest BCUT2D eigenvalue weighted by Crippen LogP contribution is -2.29. The topological polar surface area (TPSA) is 98.8 Å². The predicted octanol–water partition coefficient (Wildman–Crippen LogP) is 3.50. The highest BCUT2D eigenvalue weighted by Crippen LogP contribution is 2.11. The Bertz CT molecular complexity index is 660. The number of hydrogen-bond acceptors (Lipinski definition) is 7. The Morgan fingerprint density at radius 1 is 0.889 bits per heavy atom. The molecule has 0 bridgehead atoms. The fourth-order valence-corrected chi connectivity index (χ4v) is 3.31. The van der Waals surface area contributed by atoms with Crippen molar-refractivity contribution in [2.24, 2.45) is 0 Å². The van der Waals surface area contributed by atoms with E-state index < -0.39 is 28.6 Å². The molecule has 0 unspecified atom stereocenters. The van der Waals surface area contributed by atoms with Crippen LogP contribution < -0.4 is 5.48 Å². The highest BCUT2D eigenvalue weighted by Gasteiger charge is 2.19. The summed E-state index contributed by atoms with van der Waals surface area (Å²) in [4.78, 5) is 27.7. The molecule has 7 nitrogen and oxygen atoms in total. The zero-order valence-electron chi connectivity index (χ0n) is 15.8. The van der Waals surface area contributed by atoms with Crippen LogP contribution >= 0.6 is 0 Å². The van der Waals surface area contributed by atoms with Crippen molar-refractivity contribution in [2.45, 2.75) is 69.6 Å². The number of benzene rings is 1. The van der Waals surface area contributed by atoms with Crippen LogP contribution in [0.25, 0.3) is 0 Å². The number of hydroxylamine groups is 1. The minimum Gasteiger partial charge on any atom is -0.370 e. The third-order valence-corrected chi connectivity index (χ3v) is 5.13. The van der Waals surface area contributed by atoms with E-state index in [-0.39, 0.29) is 11.3 Å². The highest BCUT2D eigenvalue weighted by atomic mass is 32.2. The summed E-state index contributed by atoms with van der Waals surface area (Å²) in [5, 5.41) is 0. The zero-order chi connectivity index (χ0) is 20.0. The maximum absolute atomic E-state index is 11.8. The molecule has 0 atom stereocenters. The van der Waals surface area contributed by atoms with Gasteiger partial charge in [0.05, 0.1) is 0 Å². The van der Waals surface area contributed by atoms with Crippen molar-refractivity contribution in [1.29, 1.82) is 0 Å². The molecule has 8 heteroatoms. The van der Waals surface area contributed by atoms with E-state index in [0.29, 0.717) is 0 Å². The summed E-state index contributed by atoms with van der Waals surface area (Å²) < 4.78 is 28.1. The average Bonchev–Trinajstić information content (AvgIpc) is 2.64. The van der Waals surface area contributed by atoms with Gasteiger partial charge in [-0.05, 0) is 18.6 Å². The zero-order valence-corrected chi connectivity index (χ0v) is 16.6. The van der Waals surface area contributed by atoms with E-state index in [1.165, 1.54) is 56.4 Å². The minimum absolute atomic E-state index is 0.120. The van der Waals surface area contributed by atoms with Gasteiger partial charge in [0.25, 0.3) is 0 Å². The third kappa shape index (κ3) is 10.7. The lowest BCUT2D eigenvalue weighted by Gasteiger charge is -2.07. The van der Waals surface area contributed by atoms with E-state index in [4.69, 9.17) is 4.84 Å². The van der Waals surface area contributed by atoms with Gasteiger partial charge in [-0.15, -0.1) is 5.48 Å².